The number of carbonyl (C=O) groups excluding carboxylic acids is 2. The van der Waals surface area contributed by atoms with E-state index in [2.05, 4.69) is 11.4 Å². The van der Waals surface area contributed by atoms with Crippen LogP contribution in [0.4, 0.5) is 11.4 Å². The van der Waals surface area contributed by atoms with E-state index in [1.165, 1.54) is 6.92 Å². The van der Waals surface area contributed by atoms with E-state index in [9.17, 15) is 9.59 Å². The van der Waals surface area contributed by atoms with Crippen molar-refractivity contribution in [1.29, 1.82) is 0 Å². The van der Waals surface area contributed by atoms with Gasteiger partial charge >= 0.3 is 0 Å². The molecule has 5 heteroatoms. The van der Waals surface area contributed by atoms with Gasteiger partial charge in [-0.1, -0.05) is 18.2 Å². The van der Waals surface area contributed by atoms with Gasteiger partial charge < -0.3 is 14.8 Å². The van der Waals surface area contributed by atoms with Gasteiger partial charge in [-0.15, -0.1) is 0 Å². The van der Waals surface area contributed by atoms with Crippen LogP contribution in [-0.2, 0) is 18.4 Å². The summed E-state index contributed by atoms with van der Waals surface area (Å²) in [5.74, 6) is -0.261. The predicted octanol–water partition coefficient (Wildman–Crippen LogP) is 3.30. The Morgan fingerprint density at radius 1 is 1.17 bits per heavy atom. The summed E-state index contributed by atoms with van der Waals surface area (Å²) < 4.78 is 2.04. The molecule has 2 aromatic carbocycles. The fourth-order valence-electron chi connectivity index (χ4n) is 3.28. The smallest absolute Gasteiger partial charge is 0.261 e. The maximum atomic E-state index is 12.9. The molecule has 0 aliphatic carbocycles. The molecule has 0 unspecified atom stereocenters. The van der Waals surface area contributed by atoms with Crippen LogP contribution in [-0.4, -0.2) is 16.4 Å². The van der Waals surface area contributed by atoms with Gasteiger partial charge in [0.1, 0.15) is 0 Å². The van der Waals surface area contributed by atoms with Crippen molar-refractivity contribution in [3.05, 3.63) is 59.8 Å². The van der Waals surface area contributed by atoms with Gasteiger partial charge in [0.15, 0.2) is 0 Å². The quantitative estimate of drug-likeness (QED) is 0.788. The Labute approximate surface area is 139 Å². The number of hydrogen-bond donors (Lipinski definition) is 1. The van der Waals surface area contributed by atoms with Gasteiger partial charge in [-0.05, 0) is 35.2 Å². The lowest BCUT2D eigenvalue weighted by Crippen LogP contribution is -2.23. The molecule has 2 amide bonds. The third-order valence-corrected chi connectivity index (χ3v) is 4.43. The average Bonchev–Trinajstić information content (AvgIpc) is 3.08. The zero-order valence-electron chi connectivity index (χ0n) is 13.5. The van der Waals surface area contributed by atoms with E-state index in [4.69, 9.17) is 0 Å². The maximum absolute atomic E-state index is 12.9. The van der Waals surface area contributed by atoms with Gasteiger partial charge in [-0.25, -0.2) is 0 Å². The molecule has 0 saturated carbocycles. The van der Waals surface area contributed by atoms with Crippen molar-refractivity contribution in [2.24, 2.45) is 7.05 Å². The van der Waals surface area contributed by atoms with Crippen LogP contribution in [0.1, 0.15) is 22.8 Å². The monoisotopic (exact) mass is 319 g/mol. The summed E-state index contributed by atoms with van der Waals surface area (Å²) in [6.45, 7) is 1.96. The Hall–Kier alpha value is -3.08. The summed E-state index contributed by atoms with van der Waals surface area (Å²) in [5, 5.41) is 3.89. The molecule has 24 heavy (non-hydrogen) atoms. The lowest BCUT2D eigenvalue weighted by Gasteiger charge is -2.16. The molecule has 1 N–H and O–H groups in total. The summed E-state index contributed by atoms with van der Waals surface area (Å²) in [6.07, 6.45) is 2.00. The van der Waals surface area contributed by atoms with E-state index in [1.807, 2.05) is 48.1 Å². The number of nitrogens with zero attached hydrogens (tertiary/aromatic N) is 2. The molecular formula is C19H17N3O2. The van der Waals surface area contributed by atoms with Gasteiger partial charge in [0.25, 0.3) is 5.91 Å². The number of rotatable bonds is 2. The lowest BCUT2D eigenvalue weighted by molar-refractivity contribution is -0.114. The van der Waals surface area contributed by atoms with Crippen molar-refractivity contribution in [2.75, 3.05) is 10.2 Å². The first-order valence-corrected chi connectivity index (χ1v) is 7.81. The highest BCUT2D eigenvalue weighted by molar-refractivity contribution is 6.15. The number of anilines is 2. The molecule has 4 rings (SSSR count). The standard InChI is InChI=1S/C19H17N3O2/c1-12(23)20-16-5-3-4-14-11-22(19(24)18(14)16)15-7-6-13-8-9-21(2)17(13)10-15/h3-10H,11H2,1-2H3,(H,20,23). The average molecular weight is 319 g/mol. The summed E-state index contributed by atoms with van der Waals surface area (Å²) in [6, 6.07) is 13.6. The Morgan fingerprint density at radius 3 is 2.79 bits per heavy atom. The number of aryl methyl sites for hydroxylation is 1. The number of hydrogen-bond acceptors (Lipinski definition) is 2. The van der Waals surface area contributed by atoms with Crippen molar-refractivity contribution in [2.45, 2.75) is 13.5 Å². The number of carbonyl (C=O) groups is 2. The van der Waals surface area contributed by atoms with Crippen molar-refractivity contribution in [3.63, 3.8) is 0 Å². The zero-order chi connectivity index (χ0) is 16.8. The van der Waals surface area contributed by atoms with Gasteiger partial charge in [0, 0.05) is 31.4 Å². The Morgan fingerprint density at radius 2 is 2.00 bits per heavy atom. The summed E-state index contributed by atoms with van der Waals surface area (Å²) in [5.41, 5.74) is 4.03. The Kier molecular flexibility index (Phi) is 3.16. The number of amides is 2. The third-order valence-electron chi connectivity index (χ3n) is 4.43. The van der Waals surface area contributed by atoms with Crippen molar-refractivity contribution < 1.29 is 9.59 Å². The van der Waals surface area contributed by atoms with Crippen LogP contribution < -0.4 is 10.2 Å². The number of nitrogens with one attached hydrogen (secondary N) is 1. The van der Waals surface area contributed by atoms with Gasteiger partial charge in [-0.3, -0.25) is 9.59 Å². The fourth-order valence-corrected chi connectivity index (χ4v) is 3.28. The van der Waals surface area contributed by atoms with E-state index in [-0.39, 0.29) is 11.8 Å². The SMILES string of the molecule is CC(=O)Nc1cccc2c1C(=O)N(c1ccc3ccn(C)c3c1)C2. The molecule has 0 radical (unpaired) electrons. The van der Waals surface area contributed by atoms with E-state index < -0.39 is 0 Å². The van der Waals surface area contributed by atoms with Gasteiger partial charge in [0.05, 0.1) is 17.8 Å². The molecule has 1 aliphatic rings. The molecule has 0 spiro atoms. The Bertz CT molecular complexity index is 987. The number of benzene rings is 2. The van der Waals surface area contributed by atoms with E-state index >= 15 is 0 Å². The first-order valence-electron chi connectivity index (χ1n) is 7.81. The van der Waals surface area contributed by atoms with E-state index in [0.29, 0.717) is 17.8 Å². The molecule has 2 heterocycles. The van der Waals surface area contributed by atoms with Crippen LogP contribution in [0.15, 0.2) is 48.7 Å². The molecule has 1 aromatic heterocycles. The molecular weight excluding hydrogens is 302 g/mol. The van der Waals surface area contributed by atoms with Crippen LogP contribution >= 0.6 is 0 Å². The first kappa shape index (κ1) is 14.5. The topological polar surface area (TPSA) is 54.3 Å². The molecule has 120 valence electrons. The number of fused-ring (bicyclic) bond motifs is 2. The number of aromatic nitrogens is 1. The highest BCUT2D eigenvalue weighted by Gasteiger charge is 2.31. The minimum absolute atomic E-state index is 0.0806. The van der Waals surface area contributed by atoms with Gasteiger partial charge in [0.2, 0.25) is 5.91 Å². The summed E-state index contributed by atoms with van der Waals surface area (Å²) in [4.78, 5) is 26.1. The molecule has 0 atom stereocenters. The van der Waals surface area contributed by atoms with Crippen LogP contribution in [0.25, 0.3) is 10.9 Å². The second-order valence-corrected chi connectivity index (χ2v) is 6.08. The molecule has 3 aromatic rings. The van der Waals surface area contributed by atoms with Crippen LogP contribution in [0.3, 0.4) is 0 Å². The summed E-state index contributed by atoms with van der Waals surface area (Å²) in [7, 11) is 1.99. The van der Waals surface area contributed by atoms with Crippen LogP contribution in [0.5, 0.6) is 0 Å². The van der Waals surface area contributed by atoms with Gasteiger partial charge in [-0.2, -0.15) is 0 Å². The van der Waals surface area contributed by atoms with Crippen molar-refractivity contribution in [3.8, 4) is 0 Å². The molecule has 0 bridgehead atoms. The predicted molar refractivity (Wildman–Crippen MR) is 94.2 cm³/mol. The van der Waals surface area contributed by atoms with E-state index in [0.717, 1.165) is 22.2 Å². The normalized spacial score (nSPS) is 13.4. The highest BCUT2D eigenvalue weighted by atomic mass is 16.2. The highest BCUT2D eigenvalue weighted by Crippen LogP contribution is 2.34. The van der Waals surface area contributed by atoms with Crippen LogP contribution in [0.2, 0.25) is 0 Å². The lowest BCUT2D eigenvalue weighted by atomic mass is 10.1. The first-order chi connectivity index (χ1) is 11.5. The van der Waals surface area contributed by atoms with E-state index in [1.54, 1.807) is 11.0 Å². The fraction of sp³-hybridized carbons (Fsp3) is 0.158. The van der Waals surface area contributed by atoms with Crippen molar-refractivity contribution >= 4 is 34.1 Å². The minimum Gasteiger partial charge on any atom is -0.350 e. The minimum atomic E-state index is -0.181. The molecule has 0 saturated heterocycles. The molecule has 1 aliphatic heterocycles. The third kappa shape index (κ3) is 2.17. The van der Waals surface area contributed by atoms with Crippen LogP contribution in [0, 0.1) is 0 Å². The Balaban J connectivity index is 1.76. The largest absolute Gasteiger partial charge is 0.350 e. The molecule has 0 fully saturated rings. The zero-order valence-corrected chi connectivity index (χ0v) is 13.5. The second-order valence-electron chi connectivity index (χ2n) is 6.08. The summed E-state index contributed by atoms with van der Waals surface area (Å²) >= 11 is 0. The maximum Gasteiger partial charge on any atom is 0.261 e. The van der Waals surface area contributed by atoms with Crippen molar-refractivity contribution in [1.82, 2.24) is 4.57 Å². The second kappa shape index (κ2) is 5.23. The molecule has 5 nitrogen and oxygen atoms in total.